The summed E-state index contributed by atoms with van der Waals surface area (Å²) in [4.78, 5) is 34.4. The van der Waals surface area contributed by atoms with Crippen LogP contribution in [0.3, 0.4) is 0 Å². The van der Waals surface area contributed by atoms with E-state index in [1.165, 1.54) is 7.11 Å². The van der Waals surface area contributed by atoms with Gasteiger partial charge in [0.05, 0.1) is 19.6 Å². The van der Waals surface area contributed by atoms with Crippen molar-refractivity contribution >= 4 is 29.4 Å². The zero-order valence-corrected chi connectivity index (χ0v) is 12.8. The van der Waals surface area contributed by atoms with Gasteiger partial charge in [-0.3, -0.25) is 9.59 Å². The van der Waals surface area contributed by atoms with Gasteiger partial charge in [-0.2, -0.15) is 0 Å². The number of carbonyl (C=O) groups is 3. The topological polar surface area (TPSA) is 125 Å². The minimum Gasteiger partial charge on any atom is -0.467 e. The molecule has 0 fully saturated rings. The third-order valence-electron chi connectivity index (χ3n) is 2.91. The van der Waals surface area contributed by atoms with Gasteiger partial charge in [0.2, 0.25) is 11.8 Å². The van der Waals surface area contributed by atoms with Gasteiger partial charge in [-0.05, 0) is 17.7 Å². The lowest BCUT2D eigenvalue weighted by molar-refractivity contribution is -0.145. The fourth-order valence-corrected chi connectivity index (χ4v) is 1.91. The van der Waals surface area contributed by atoms with Gasteiger partial charge in [0.15, 0.2) is 0 Å². The SMILES string of the molecule is COC(=O)C(Cc1ccc(Cl)cc1)NC(=O)[C@@H](N)CC(N)=O. The molecule has 0 spiro atoms. The number of primary amides is 1. The molecule has 0 aliphatic carbocycles. The summed E-state index contributed by atoms with van der Waals surface area (Å²) in [5.41, 5.74) is 11.3. The van der Waals surface area contributed by atoms with Gasteiger partial charge in [-0.25, -0.2) is 4.79 Å². The highest BCUT2D eigenvalue weighted by molar-refractivity contribution is 6.30. The van der Waals surface area contributed by atoms with Crippen LogP contribution in [0.1, 0.15) is 12.0 Å². The number of nitrogens with two attached hydrogens (primary N) is 2. The molecule has 22 heavy (non-hydrogen) atoms. The number of carbonyl (C=O) groups excluding carboxylic acids is 3. The third kappa shape index (κ3) is 5.71. The van der Waals surface area contributed by atoms with Gasteiger partial charge in [-0.15, -0.1) is 0 Å². The molecule has 0 aliphatic heterocycles. The van der Waals surface area contributed by atoms with Gasteiger partial charge in [-0.1, -0.05) is 23.7 Å². The van der Waals surface area contributed by atoms with E-state index in [-0.39, 0.29) is 12.8 Å². The number of hydrogen-bond acceptors (Lipinski definition) is 5. The van der Waals surface area contributed by atoms with Crippen molar-refractivity contribution in [1.29, 1.82) is 0 Å². The number of halogens is 1. The maximum absolute atomic E-state index is 11.9. The molecule has 0 radical (unpaired) electrons. The van der Waals surface area contributed by atoms with Crippen molar-refractivity contribution in [2.75, 3.05) is 7.11 Å². The number of benzene rings is 1. The Morgan fingerprint density at radius 3 is 2.36 bits per heavy atom. The van der Waals surface area contributed by atoms with E-state index in [0.717, 1.165) is 5.56 Å². The maximum Gasteiger partial charge on any atom is 0.328 e. The summed E-state index contributed by atoms with van der Waals surface area (Å²) in [7, 11) is 1.21. The quantitative estimate of drug-likeness (QED) is 0.595. The molecule has 8 heteroatoms. The highest BCUT2D eigenvalue weighted by Gasteiger charge is 2.25. The van der Waals surface area contributed by atoms with Crippen molar-refractivity contribution < 1.29 is 19.1 Å². The molecule has 0 aromatic heterocycles. The first-order chi connectivity index (χ1) is 10.3. The average molecular weight is 328 g/mol. The molecule has 7 nitrogen and oxygen atoms in total. The van der Waals surface area contributed by atoms with E-state index in [9.17, 15) is 14.4 Å². The minimum absolute atomic E-state index is 0.207. The third-order valence-corrected chi connectivity index (χ3v) is 3.17. The lowest BCUT2D eigenvalue weighted by atomic mass is 10.1. The minimum atomic E-state index is -1.12. The monoisotopic (exact) mass is 327 g/mol. The van der Waals surface area contributed by atoms with Crippen molar-refractivity contribution in [2.45, 2.75) is 24.9 Å². The molecule has 0 saturated heterocycles. The van der Waals surface area contributed by atoms with Crippen LogP contribution in [0, 0.1) is 0 Å². The molecule has 0 aliphatic rings. The van der Waals surface area contributed by atoms with Crippen molar-refractivity contribution in [1.82, 2.24) is 5.32 Å². The smallest absolute Gasteiger partial charge is 0.328 e. The van der Waals surface area contributed by atoms with E-state index < -0.39 is 29.9 Å². The Labute approximate surface area is 132 Å². The van der Waals surface area contributed by atoms with Crippen LogP contribution in [-0.4, -0.2) is 37.0 Å². The van der Waals surface area contributed by atoms with Crippen LogP contribution in [0.2, 0.25) is 5.02 Å². The predicted molar refractivity (Wildman–Crippen MR) is 80.9 cm³/mol. The van der Waals surface area contributed by atoms with Crippen molar-refractivity contribution in [3.63, 3.8) is 0 Å². The summed E-state index contributed by atoms with van der Waals surface area (Å²) in [5, 5.41) is 3.02. The van der Waals surface area contributed by atoms with Crippen LogP contribution in [0.15, 0.2) is 24.3 Å². The Morgan fingerprint density at radius 1 is 1.27 bits per heavy atom. The van der Waals surface area contributed by atoms with Crippen molar-refractivity contribution in [3.8, 4) is 0 Å². The summed E-state index contributed by atoms with van der Waals surface area (Å²) in [6, 6.07) is 4.77. The summed E-state index contributed by atoms with van der Waals surface area (Å²) in [5.74, 6) is -1.97. The molecule has 0 heterocycles. The van der Waals surface area contributed by atoms with Crippen LogP contribution in [0.4, 0.5) is 0 Å². The second-order valence-electron chi connectivity index (χ2n) is 4.69. The zero-order valence-electron chi connectivity index (χ0n) is 12.0. The van der Waals surface area contributed by atoms with Crippen molar-refractivity contribution in [2.24, 2.45) is 11.5 Å². The second-order valence-corrected chi connectivity index (χ2v) is 5.13. The van der Waals surface area contributed by atoms with Crippen LogP contribution in [0.5, 0.6) is 0 Å². The Morgan fingerprint density at radius 2 is 1.86 bits per heavy atom. The summed E-state index contributed by atoms with van der Waals surface area (Å²) in [6.45, 7) is 0. The number of rotatable bonds is 7. The number of nitrogens with one attached hydrogen (secondary N) is 1. The number of ether oxygens (including phenoxy) is 1. The van der Waals surface area contributed by atoms with E-state index >= 15 is 0 Å². The van der Waals surface area contributed by atoms with Crippen LogP contribution in [0.25, 0.3) is 0 Å². The lowest BCUT2D eigenvalue weighted by Gasteiger charge is -2.19. The molecule has 1 aromatic carbocycles. The first kappa shape index (κ1) is 17.9. The van der Waals surface area contributed by atoms with E-state index in [0.29, 0.717) is 5.02 Å². The zero-order chi connectivity index (χ0) is 16.7. The molecule has 2 atom stereocenters. The predicted octanol–water partition coefficient (Wildman–Crippen LogP) is -0.257. The van der Waals surface area contributed by atoms with Gasteiger partial charge < -0.3 is 21.5 Å². The average Bonchev–Trinajstić information content (AvgIpc) is 2.47. The van der Waals surface area contributed by atoms with E-state index in [4.69, 9.17) is 23.1 Å². The van der Waals surface area contributed by atoms with Crippen LogP contribution >= 0.6 is 11.6 Å². The highest BCUT2D eigenvalue weighted by atomic mass is 35.5. The molecule has 2 amide bonds. The number of hydrogen-bond donors (Lipinski definition) is 3. The standard InChI is InChI=1S/C14H18ClN3O4/c1-22-14(21)11(6-8-2-4-9(15)5-3-8)18-13(20)10(16)7-12(17)19/h2-5,10-11H,6-7,16H2,1H3,(H2,17,19)(H,18,20)/t10-,11?/m0/s1. The Balaban J connectivity index is 2.76. The maximum atomic E-state index is 11.9. The lowest BCUT2D eigenvalue weighted by Crippen LogP contribution is -2.50. The molecule has 0 saturated carbocycles. The van der Waals surface area contributed by atoms with Crippen LogP contribution < -0.4 is 16.8 Å². The van der Waals surface area contributed by atoms with Gasteiger partial charge >= 0.3 is 5.97 Å². The largest absolute Gasteiger partial charge is 0.467 e. The molecule has 1 rings (SSSR count). The van der Waals surface area contributed by atoms with Crippen LogP contribution in [-0.2, 0) is 25.5 Å². The summed E-state index contributed by atoms with van der Waals surface area (Å²) < 4.78 is 4.66. The highest BCUT2D eigenvalue weighted by Crippen LogP contribution is 2.11. The van der Waals surface area contributed by atoms with Crippen molar-refractivity contribution in [3.05, 3.63) is 34.9 Å². The van der Waals surface area contributed by atoms with Gasteiger partial charge in [0.25, 0.3) is 0 Å². The van der Waals surface area contributed by atoms with E-state index in [1.54, 1.807) is 24.3 Å². The molecule has 1 aromatic rings. The Hall–Kier alpha value is -2.12. The Bertz CT molecular complexity index is 548. The molecule has 5 N–H and O–H groups in total. The van der Waals surface area contributed by atoms with Gasteiger partial charge in [0.1, 0.15) is 6.04 Å². The first-order valence-electron chi connectivity index (χ1n) is 6.50. The molecule has 1 unspecified atom stereocenters. The fourth-order valence-electron chi connectivity index (χ4n) is 1.78. The second kappa shape index (κ2) is 8.35. The number of amides is 2. The number of esters is 1. The Kier molecular flexibility index (Phi) is 6.81. The van der Waals surface area contributed by atoms with E-state index in [1.807, 2.05) is 0 Å². The fraction of sp³-hybridized carbons (Fsp3) is 0.357. The number of methoxy groups -OCH3 is 1. The van der Waals surface area contributed by atoms with Gasteiger partial charge in [0, 0.05) is 11.4 Å². The first-order valence-corrected chi connectivity index (χ1v) is 6.87. The molecular formula is C14H18ClN3O4. The van der Waals surface area contributed by atoms with E-state index in [2.05, 4.69) is 10.1 Å². The normalized spacial score (nSPS) is 13.0. The molecule has 120 valence electrons. The summed E-state index contributed by atoms with van der Waals surface area (Å²) >= 11 is 5.79. The molecule has 0 bridgehead atoms. The molecular weight excluding hydrogens is 310 g/mol. The summed E-state index contributed by atoms with van der Waals surface area (Å²) in [6.07, 6.45) is -0.0977.